The quantitative estimate of drug-likeness (QED) is 0.606. The Labute approximate surface area is 157 Å². The number of carbonyl (C=O) groups is 2. The number of hydrogen-bond acceptors (Lipinski definition) is 3. The van der Waals surface area contributed by atoms with E-state index in [-0.39, 0.29) is 0 Å². The molecule has 0 radical (unpaired) electrons. The van der Waals surface area contributed by atoms with E-state index < -0.39 is 11.9 Å². The van der Waals surface area contributed by atoms with Gasteiger partial charge in [-0.1, -0.05) is 48.5 Å². The molecule has 0 aliphatic heterocycles. The molecule has 6 nitrogen and oxygen atoms in total. The Morgan fingerprint density at radius 2 is 1.37 bits per heavy atom. The van der Waals surface area contributed by atoms with Crippen molar-refractivity contribution in [2.75, 3.05) is 5.32 Å². The zero-order valence-electron chi connectivity index (χ0n) is 14.5. The molecular formula is C21H19N3O3. The molecule has 0 atom stereocenters. The third-order valence-electron chi connectivity index (χ3n) is 3.69. The van der Waals surface area contributed by atoms with Gasteiger partial charge < -0.3 is 10.1 Å². The first kappa shape index (κ1) is 18.0. The Bertz CT molecular complexity index is 882. The molecule has 3 amide bonds. The zero-order valence-corrected chi connectivity index (χ0v) is 14.5. The molecule has 3 rings (SSSR count). The molecule has 0 bridgehead atoms. The molecule has 0 aromatic heterocycles. The van der Waals surface area contributed by atoms with E-state index in [1.807, 2.05) is 36.4 Å². The first-order valence-electron chi connectivity index (χ1n) is 8.40. The maximum Gasteiger partial charge on any atom is 0.337 e. The molecule has 3 aromatic carbocycles. The third kappa shape index (κ3) is 5.61. The summed E-state index contributed by atoms with van der Waals surface area (Å²) in [5, 5.41) is 2.61. The minimum atomic E-state index is -0.530. The second-order valence-electron chi connectivity index (χ2n) is 5.70. The number of carbonyl (C=O) groups excluding carboxylic acids is 2. The highest BCUT2D eigenvalue weighted by Crippen LogP contribution is 2.14. The fraction of sp³-hybridized carbons (Fsp3) is 0.0476. The average Bonchev–Trinajstić information content (AvgIpc) is 2.72. The number of anilines is 1. The predicted octanol–water partition coefficient (Wildman–Crippen LogP) is 3.73. The Kier molecular flexibility index (Phi) is 6.04. The lowest BCUT2D eigenvalue weighted by Crippen LogP contribution is -2.43. The van der Waals surface area contributed by atoms with Crippen LogP contribution in [-0.2, 0) is 6.61 Å². The van der Waals surface area contributed by atoms with E-state index in [2.05, 4.69) is 16.2 Å². The fourth-order valence-corrected chi connectivity index (χ4v) is 2.31. The Morgan fingerprint density at radius 1 is 0.741 bits per heavy atom. The summed E-state index contributed by atoms with van der Waals surface area (Å²) in [5.74, 6) is 0.234. The lowest BCUT2D eigenvalue weighted by atomic mass is 10.2. The van der Waals surface area contributed by atoms with Crippen LogP contribution >= 0.6 is 0 Å². The Morgan fingerprint density at radius 3 is 2.04 bits per heavy atom. The van der Waals surface area contributed by atoms with Crippen LogP contribution in [0, 0.1) is 0 Å². The topological polar surface area (TPSA) is 79.5 Å². The van der Waals surface area contributed by atoms with Crippen LogP contribution in [0.25, 0.3) is 0 Å². The summed E-state index contributed by atoms with van der Waals surface area (Å²) >= 11 is 0. The van der Waals surface area contributed by atoms with E-state index in [4.69, 9.17) is 4.74 Å². The first-order chi connectivity index (χ1) is 13.2. The van der Waals surface area contributed by atoms with Gasteiger partial charge in [0.15, 0.2) is 0 Å². The molecule has 136 valence electrons. The molecule has 0 saturated heterocycles. The highest BCUT2D eigenvalue weighted by molar-refractivity contribution is 5.97. The first-order valence-corrected chi connectivity index (χ1v) is 8.40. The summed E-state index contributed by atoms with van der Waals surface area (Å²) in [5.41, 5.74) is 6.76. The predicted molar refractivity (Wildman–Crippen MR) is 103 cm³/mol. The lowest BCUT2D eigenvalue weighted by Gasteiger charge is -2.10. The largest absolute Gasteiger partial charge is 0.489 e. The number of hydrazine groups is 1. The van der Waals surface area contributed by atoms with Gasteiger partial charge in [-0.3, -0.25) is 10.2 Å². The summed E-state index contributed by atoms with van der Waals surface area (Å²) in [6.45, 7) is 0.452. The van der Waals surface area contributed by atoms with Crippen molar-refractivity contribution >= 4 is 17.6 Å². The van der Waals surface area contributed by atoms with Crippen molar-refractivity contribution in [2.45, 2.75) is 6.61 Å². The Hall–Kier alpha value is -3.80. The number of para-hydroxylation sites is 1. The number of ether oxygens (including phenoxy) is 1. The molecule has 3 N–H and O–H groups in total. The average molecular weight is 361 g/mol. The van der Waals surface area contributed by atoms with Crippen LogP contribution in [0.3, 0.4) is 0 Å². The van der Waals surface area contributed by atoms with E-state index in [9.17, 15) is 9.59 Å². The highest BCUT2D eigenvalue weighted by atomic mass is 16.5. The number of rotatable bonds is 5. The van der Waals surface area contributed by atoms with Crippen molar-refractivity contribution in [1.82, 2.24) is 10.9 Å². The molecule has 0 heterocycles. The van der Waals surface area contributed by atoms with Gasteiger partial charge in [0.1, 0.15) is 12.4 Å². The highest BCUT2D eigenvalue weighted by Gasteiger charge is 2.07. The molecule has 3 aromatic rings. The van der Waals surface area contributed by atoms with Crippen molar-refractivity contribution in [2.24, 2.45) is 0 Å². The summed E-state index contributed by atoms with van der Waals surface area (Å²) < 4.78 is 5.68. The molecule has 0 saturated carbocycles. The summed E-state index contributed by atoms with van der Waals surface area (Å²) in [4.78, 5) is 23.9. The van der Waals surface area contributed by atoms with Gasteiger partial charge in [0.2, 0.25) is 0 Å². The number of benzene rings is 3. The molecule has 6 heteroatoms. The van der Waals surface area contributed by atoms with E-state index in [1.165, 1.54) is 0 Å². The molecular weight excluding hydrogens is 342 g/mol. The van der Waals surface area contributed by atoms with Gasteiger partial charge in [-0.15, -0.1) is 0 Å². The van der Waals surface area contributed by atoms with Crippen molar-refractivity contribution < 1.29 is 14.3 Å². The zero-order chi connectivity index (χ0) is 18.9. The van der Waals surface area contributed by atoms with Crippen molar-refractivity contribution in [3.8, 4) is 5.75 Å². The molecule has 0 unspecified atom stereocenters. The third-order valence-corrected chi connectivity index (χ3v) is 3.69. The Balaban J connectivity index is 1.46. The number of hydrogen-bond donors (Lipinski definition) is 3. The maximum absolute atomic E-state index is 12.1. The van der Waals surface area contributed by atoms with Gasteiger partial charge in [-0.2, -0.15) is 0 Å². The summed E-state index contributed by atoms with van der Waals surface area (Å²) in [6, 6.07) is 24.9. The normalized spacial score (nSPS) is 9.93. The van der Waals surface area contributed by atoms with Crippen LogP contribution < -0.4 is 20.9 Å². The van der Waals surface area contributed by atoms with Crippen LogP contribution in [0.1, 0.15) is 15.9 Å². The fourth-order valence-electron chi connectivity index (χ4n) is 2.31. The number of nitrogens with one attached hydrogen (secondary N) is 3. The SMILES string of the molecule is O=C(NNC(=O)c1ccc(OCc2ccccc2)cc1)Nc1ccccc1. The molecule has 27 heavy (non-hydrogen) atoms. The van der Waals surface area contributed by atoms with Crippen LogP contribution in [0.2, 0.25) is 0 Å². The van der Waals surface area contributed by atoms with Gasteiger partial charge in [0.25, 0.3) is 5.91 Å². The summed E-state index contributed by atoms with van der Waals surface area (Å²) in [7, 11) is 0. The monoisotopic (exact) mass is 361 g/mol. The second-order valence-corrected chi connectivity index (χ2v) is 5.70. The smallest absolute Gasteiger partial charge is 0.337 e. The van der Waals surface area contributed by atoms with Gasteiger partial charge in [-0.05, 0) is 42.0 Å². The van der Waals surface area contributed by atoms with Gasteiger partial charge in [0, 0.05) is 11.3 Å². The second kappa shape index (κ2) is 9.05. The lowest BCUT2D eigenvalue weighted by molar-refractivity contribution is 0.0938. The van der Waals surface area contributed by atoms with Crippen LogP contribution in [0.5, 0.6) is 5.75 Å². The molecule has 0 aliphatic carbocycles. The molecule has 0 fully saturated rings. The van der Waals surface area contributed by atoms with E-state index in [0.29, 0.717) is 23.6 Å². The van der Waals surface area contributed by atoms with E-state index >= 15 is 0 Å². The van der Waals surface area contributed by atoms with Gasteiger partial charge >= 0.3 is 6.03 Å². The van der Waals surface area contributed by atoms with E-state index in [0.717, 1.165) is 5.56 Å². The van der Waals surface area contributed by atoms with Crippen LogP contribution in [0.15, 0.2) is 84.9 Å². The minimum Gasteiger partial charge on any atom is -0.489 e. The van der Waals surface area contributed by atoms with Crippen molar-refractivity contribution in [3.63, 3.8) is 0 Å². The van der Waals surface area contributed by atoms with Gasteiger partial charge in [-0.25, -0.2) is 10.2 Å². The van der Waals surface area contributed by atoms with Crippen LogP contribution in [0.4, 0.5) is 10.5 Å². The maximum atomic E-state index is 12.1. The number of urea groups is 1. The molecule has 0 aliphatic rings. The van der Waals surface area contributed by atoms with Gasteiger partial charge in [0.05, 0.1) is 0 Å². The van der Waals surface area contributed by atoms with Crippen molar-refractivity contribution in [3.05, 3.63) is 96.1 Å². The molecule has 0 spiro atoms. The standard InChI is InChI=1S/C21H19N3O3/c25-20(23-24-21(26)22-18-9-5-2-6-10-18)17-11-13-19(14-12-17)27-15-16-7-3-1-4-8-16/h1-14H,15H2,(H,23,25)(H2,22,24,26). The van der Waals surface area contributed by atoms with Crippen LogP contribution in [-0.4, -0.2) is 11.9 Å². The minimum absolute atomic E-state index is 0.405. The number of amides is 3. The van der Waals surface area contributed by atoms with Crippen molar-refractivity contribution in [1.29, 1.82) is 0 Å². The summed E-state index contributed by atoms with van der Waals surface area (Å²) in [6.07, 6.45) is 0. The van der Waals surface area contributed by atoms with E-state index in [1.54, 1.807) is 48.5 Å².